The van der Waals surface area contributed by atoms with E-state index in [9.17, 15) is 13.2 Å². The molecule has 7 heteroatoms. The molecule has 1 aliphatic rings. The van der Waals surface area contributed by atoms with Gasteiger partial charge in [0.15, 0.2) is 5.65 Å². The van der Waals surface area contributed by atoms with Crippen LogP contribution >= 0.6 is 0 Å². The van der Waals surface area contributed by atoms with Crippen molar-refractivity contribution >= 4 is 16.7 Å². The molecule has 1 unspecified atom stereocenters. The monoisotopic (exact) mass is 395 g/mol. The zero-order chi connectivity index (χ0) is 20.5. The second kappa shape index (κ2) is 7.85. The summed E-state index contributed by atoms with van der Waals surface area (Å²) >= 11 is 0. The van der Waals surface area contributed by atoms with Gasteiger partial charge in [-0.25, -0.2) is 4.98 Å². The molecule has 0 radical (unpaired) electrons. The highest BCUT2D eigenvalue weighted by atomic mass is 19.4. The topological polar surface area (TPSA) is 50.9 Å². The van der Waals surface area contributed by atoms with Gasteiger partial charge in [0.2, 0.25) is 0 Å². The summed E-state index contributed by atoms with van der Waals surface area (Å²) < 4.78 is 42.1. The van der Waals surface area contributed by atoms with Gasteiger partial charge < -0.3 is 9.67 Å². The van der Waals surface area contributed by atoms with E-state index >= 15 is 0 Å². The number of fused-ring (bicyclic) bond motifs is 1. The predicted molar refractivity (Wildman–Crippen MR) is 104 cm³/mol. The number of alkyl halides is 3. The molecule has 3 rings (SSSR count). The SMILES string of the molecule is C/C=C(\CCCCC(C)CO)c1cnc2cc(C3(C(F)(F)F)CC3)n(C)c2n1. The first-order chi connectivity index (χ1) is 13.2. The average molecular weight is 395 g/mol. The van der Waals surface area contributed by atoms with Crippen molar-refractivity contribution < 1.29 is 18.3 Å². The first-order valence-electron chi connectivity index (χ1n) is 9.89. The molecule has 2 aromatic rings. The average Bonchev–Trinajstić information content (AvgIpc) is 3.41. The lowest BCUT2D eigenvalue weighted by Crippen LogP contribution is -2.30. The molecule has 4 nitrogen and oxygen atoms in total. The van der Waals surface area contributed by atoms with Crippen molar-refractivity contribution in [3.8, 4) is 0 Å². The molecule has 0 aromatic carbocycles. The van der Waals surface area contributed by atoms with Gasteiger partial charge in [0.1, 0.15) is 10.9 Å². The van der Waals surface area contributed by atoms with E-state index in [2.05, 4.69) is 9.97 Å². The van der Waals surface area contributed by atoms with Crippen LogP contribution < -0.4 is 0 Å². The summed E-state index contributed by atoms with van der Waals surface area (Å²) in [6, 6.07) is 1.54. The van der Waals surface area contributed by atoms with Gasteiger partial charge in [0, 0.05) is 19.3 Å². The first-order valence-corrected chi connectivity index (χ1v) is 9.89. The van der Waals surface area contributed by atoms with E-state index < -0.39 is 11.6 Å². The molecule has 1 atom stereocenters. The van der Waals surface area contributed by atoms with Crippen molar-refractivity contribution in [1.29, 1.82) is 0 Å². The quantitative estimate of drug-likeness (QED) is 0.629. The van der Waals surface area contributed by atoms with Gasteiger partial charge in [-0.2, -0.15) is 13.2 Å². The molecule has 0 amide bonds. The number of rotatable bonds is 8. The fourth-order valence-corrected chi connectivity index (χ4v) is 3.82. The Labute approximate surface area is 163 Å². The number of aliphatic hydroxyl groups is 1. The van der Waals surface area contributed by atoms with E-state index in [1.165, 1.54) is 6.07 Å². The Hall–Kier alpha value is -1.89. The maximum atomic E-state index is 13.5. The summed E-state index contributed by atoms with van der Waals surface area (Å²) in [5, 5.41) is 9.11. The van der Waals surface area contributed by atoms with Gasteiger partial charge in [-0.3, -0.25) is 4.98 Å². The Kier molecular flexibility index (Phi) is 5.84. The van der Waals surface area contributed by atoms with E-state index in [0.29, 0.717) is 17.1 Å². The third kappa shape index (κ3) is 3.81. The third-order valence-electron chi connectivity index (χ3n) is 5.90. The van der Waals surface area contributed by atoms with Crippen molar-refractivity contribution in [2.24, 2.45) is 13.0 Å². The maximum Gasteiger partial charge on any atom is 0.399 e. The molecule has 28 heavy (non-hydrogen) atoms. The number of allylic oxidation sites excluding steroid dienone is 2. The molecule has 2 aromatic heterocycles. The van der Waals surface area contributed by atoms with Crippen molar-refractivity contribution in [2.75, 3.05) is 6.61 Å². The van der Waals surface area contributed by atoms with Crippen molar-refractivity contribution in [3.05, 3.63) is 29.7 Å². The summed E-state index contributed by atoms with van der Waals surface area (Å²) in [5.74, 6) is 0.301. The molecule has 0 saturated heterocycles. The van der Waals surface area contributed by atoms with Crippen molar-refractivity contribution in [3.63, 3.8) is 0 Å². The van der Waals surface area contributed by atoms with Crippen LogP contribution in [0.25, 0.3) is 16.7 Å². The second-order valence-electron chi connectivity index (χ2n) is 7.98. The minimum Gasteiger partial charge on any atom is -0.396 e. The number of aliphatic hydroxyl groups excluding tert-OH is 1. The first kappa shape index (κ1) is 20.8. The standard InChI is InChI=1S/C21H28F3N3O/c1-4-15(8-6-5-7-14(2)13-28)17-12-25-16-11-18(27(3)19(16)26-17)20(9-10-20)21(22,23)24/h4,11-12,14,28H,5-10,13H2,1-3H3/b15-4+. The Morgan fingerprint density at radius 2 is 2.07 bits per heavy atom. The molecular formula is C21H28F3N3O. The van der Waals surface area contributed by atoms with Crippen LogP contribution in [0.15, 0.2) is 18.3 Å². The number of unbranched alkanes of at least 4 members (excludes halogenated alkanes) is 1. The van der Waals surface area contributed by atoms with Crippen molar-refractivity contribution in [2.45, 2.75) is 64.0 Å². The van der Waals surface area contributed by atoms with E-state index in [1.807, 2.05) is 19.9 Å². The van der Waals surface area contributed by atoms with Gasteiger partial charge in [-0.05, 0) is 56.6 Å². The van der Waals surface area contributed by atoms with Crippen LogP contribution in [0.1, 0.15) is 63.8 Å². The van der Waals surface area contributed by atoms with Crippen LogP contribution in [0.5, 0.6) is 0 Å². The summed E-state index contributed by atoms with van der Waals surface area (Å²) in [6.07, 6.45) is 3.43. The largest absolute Gasteiger partial charge is 0.399 e. The van der Waals surface area contributed by atoms with E-state index in [1.54, 1.807) is 17.8 Å². The van der Waals surface area contributed by atoms with E-state index in [0.717, 1.165) is 37.0 Å². The molecule has 154 valence electrons. The minimum absolute atomic E-state index is 0.125. The van der Waals surface area contributed by atoms with Crippen LogP contribution in [0.4, 0.5) is 13.2 Å². The molecule has 1 N–H and O–H groups in total. The fraction of sp³-hybridized carbons (Fsp3) is 0.619. The van der Waals surface area contributed by atoms with Crippen LogP contribution in [-0.4, -0.2) is 32.4 Å². The van der Waals surface area contributed by atoms with E-state index in [-0.39, 0.29) is 25.1 Å². The van der Waals surface area contributed by atoms with Crippen LogP contribution in [0, 0.1) is 5.92 Å². The number of halogens is 3. The zero-order valence-electron chi connectivity index (χ0n) is 16.7. The molecular weight excluding hydrogens is 367 g/mol. The lowest BCUT2D eigenvalue weighted by atomic mass is 10.0. The number of hydrogen-bond donors (Lipinski definition) is 1. The van der Waals surface area contributed by atoms with Crippen LogP contribution in [0.2, 0.25) is 0 Å². The third-order valence-corrected chi connectivity index (χ3v) is 5.90. The summed E-state index contributed by atoms with van der Waals surface area (Å²) in [4.78, 5) is 9.04. The van der Waals surface area contributed by atoms with Gasteiger partial charge in [-0.15, -0.1) is 0 Å². The molecule has 0 spiro atoms. The predicted octanol–water partition coefficient (Wildman–Crippen LogP) is 5.15. The van der Waals surface area contributed by atoms with Gasteiger partial charge in [0.05, 0.1) is 11.9 Å². The Balaban J connectivity index is 1.81. The molecule has 0 aliphatic heterocycles. The molecule has 1 aliphatic carbocycles. The highest BCUT2D eigenvalue weighted by Gasteiger charge is 2.65. The number of nitrogens with zero attached hydrogens (tertiary/aromatic N) is 3. The maximum absolute atomic E-state index is 13.5. The van der Waals surface area contributed by atoms with Crippen molar-refractivity contribution in [1.82, 2.24) is 14.5 Å². The summed E-state index contributed by atoms with van der Waals surface area (Å²) in [6.45, 7) is 4.17. The normalized spacial score (nSPS) is 17.9. The lowest BCUT2D eigenvalue weighted by molar-refractivity contribution is -0.162. The molecule has 1 fully saturated rings. The number of aromatic nitrogens is 3. The fourth-order valence-electron chi connectivity index (χ4n) is 3.82. The van der Waals surface area contributed by atoms with Crippen LogP contribution in [-0.2, 0) is 12.5 Å². The number of aryl methyl sites for hydroxylation is 1. The number of hydrogen-bond acceptors (Lipinski definition) is 3. The highest BCUT2D eigenvalue weighted by Crippen LogP contribution is 2.59. The van der Waals surface area contributed by atoms with E-state index in [4.69, 9.17) is 5.11 Å². The lowest BCUT2D eigenvalue weighted by Gasteiger charge is -2.19. The summed E-state index contributed by atoms with van der Waals surface area (Å²) in [7, 11) is 1.65. The highest BCUT2D eigenvalue weighted by molar-refractivity contribution is 5.76. The Morgan fingerprint density at radius 1 is 1.36 bits per heavy atom. The minimum atomic E-state index is -4.25. The summed E-state index contributed by atoms with van der Waals surface area (Å²) in [5.41, 5.74) is 1.28. The van der Waals surface area contributed by atoms with Crippen LogP contribution in [0.3, 0.4) is 0 Å². The van der Waals surface area contributed by atoms with Gasteiger partial charge in [-0.1, -0.05) is 19.4 Å². The van der Waals surface area contributed by atoms with Gasteiger partial charge >= 0.3 is 6.18 Å². The Morgan fingerprint density at radius 3 is 2.64 bits per heavy atom. The molecule has 2 heterocycles. The zero-order valence-corrected chi connectivity index (χ0v) is 16.7. The smallest absolute Gasteiger partial charge is 0.396 e. The second-order valence-corrected chi connectivity index (χ2v) is 7.98. The Bertz CT molecular complexity index is 866. The van der Waals surface area contributed by atoms with Gasteiger partial charge in [0.25, 0.3) is 0 Å². The molecule has 0 bridgehead atoms. The molecule has 1 saturated carbocycles.